The lowest BCUT2D eigenvalue weighted by molar-refractivity contribution is -0.117. The quantitative estimate of drug-likeness (QED) is 0.533. The summed E-state index contributed by atoms with van der Waals surface area (Å²) in [7, 11) is 0. The van der Waals surface area contributed by atoms with E-state index in [1.165, 1.54) is 0 Å². The van der Waals surface area contributed by atoms with Crippen LogP contribution in [0.5, 0.6) is 0 Å². The third kappa shape index (κ3) is 3.80. The molecule has 2 aromatic heterocycles. The van der Waals surface area contributed by atoms with Crippen molar-refractivity contribution in [1.82, 2.24) is 9.38 Å². The van der Waals surface area contributed by atoms with Crippen LogP contribution in [0.2, 0.25) is 0 Å². The van der Waals surface area contributed by atoms with Crippen molar-refractivity contribution in [1.29, 1.82) is 0 Å². The lowest BCUT2D eigenvalue weighted by Crippen LogP contribution is -2.23. The van der Waals surface area contributed by atoms with Crippen LogP contribution in [0.15, 0.2) is 79.0 Å². The second-order valence-corrected chi connectivity index (χ2v) is 7.64. The summed E-state index contributed by atoms with van der Waals surface area (Å²) >= 11 is 0. The highest BCUT2D eigenvalue weighted by atomic mass is 16.2. The van der Waals surface area contributed by atoms with Crippen LogP contribution >= 0.6 is 0 Å². The van der Waals surface area contributed by atoms with Gasteiger partial charge in [-0.15, -0.1) is 0 Å². The summed E-state index contributed by atoms with van der Waals surface area (Å²) in [5.41, 5.74) is 4.24. The average Bonchev–Trinajstić information content (AvgIpc) is 3.39. The van der Waals surface area contributed by atoms with Gasteiger partial charge < -0.3 is 10.2 Å². The number of amides is 2. The van der Waals surface area contributed by atoms with Crippen molar-refractivity contribution in [2.45, 2.75) is 19.3 Å². The fourth-order valence-electron chi connectivity index (χ4n) is 3.99. The molecular weight excluding hydrogens is 388 g/mol. The first-order valence-corrected chi connectivity index (χ1v) is 10.4. The van der Waals surface area contributed by atoms with Crippen molar-refractivity contribution >= 4 is 29.0 Å². The van der Waals surface area contributed by atoms with Crippen molar-refractivity contribution in [2.24, 2.45) is 0 Å². The van der Waals surface area contributed by atoms with E-state index in [1.54, 1.807) is 4.90 Å². The molecule has 0 unspecified atom stereocenters. The number of carbonyl (C=O) groups is 2. The van der Waals surface area contributed by atoms with E-state index in [9.17, 15) is 9.59 Å². The molecule has 0 saturated carbocycles. The Morgan fingerprint density at radius 1 is 0.968 bits per heavy atom. The van der Waals surface area contributed by atoms with Crippen molar-refractivity contribution < 1.29 is 9.59 Å². The molecule has 0 aliphatic carbocycles. The number of nitrogens with zero attached hydrogens (tertiary/aromatic N) is 3. The van der Waals surface area contributed by atoms with Crippen LogP contribution in [0.25, 0.3) is 16.9 Å². The van der Waals surface area contributed by atoms with Gasteiger partial charge in [-0.1, -0.05) is 48.5 Å². The van der Waals surface area contributed by atoms with Crippen molar-refractivity contribution in [3.05, 3.63) is 84.6 Å². The minimum Gasteiger partial charge on any atom is -0.312 e. The molecule has 0 atom stereocenters. The maximum atomic E-state index is 12.9. The van der Waals surface area contributed by atoms with Crippen LogP contribution in [0.3, 0.4) is 0 Å². The van der Waals surface area contributed by atoms with Crippen LogP contribution in [0.1, 0.15) is 18.4 Å². The normalized spacial score (nSPS) is 13.7. The molecule has 2 aromatic carbocycles. The summed E-state index contributed by atoms with van der Waals surface area (Å²) in [4.78, 5) is 31.3. The number of benzene rings is 2. The number of pyridine rings is 1. The van der Waals surface area contributed by atoms with Gasteiger partial charge in [0.25, 0.3) is 0 Å². The Bertz CT molecular complexity index is 1250. The SMILES string of the molecule is O=C(Cc1ccc(N2CCCC2=O)cc1)Nc1c(-c2ccccc2)nc2ccccn12. The number of aromatic nitrogens is 2. The van der Waals surface area contributed by atoms with Crippen LogP contribution in [0.4, 0.5) is 11.5 Å². The topological polar surface area (TPSA) is 66.7 Å². The third-order valence-electron chi connectivity index (χ3n) is 5.52. The largest absolute Gasteiger partial charge is 0.312 e. The first-order chi connectivity index (χ1) is 15.2. The van der Waals surface area contributed by atoms with Crippen molar-refractivity contribution in [2.75, 3.05) is 16.8 Å². The molecule has 0 bridgehead atoms. The highest BCUT2D eigenvalue weighted by Gasteiger charge is 2.21. The predicted molar refractivity (Wildman–Crippen MR) is 121 cm³/mol. The fourth-order valence-corrected chi connectivity index (χ4v) is 3.99. The van der Waals surface area contributed by atoms with E-state index >= 15 is 0 Å². The highest BCUT2D eigenvalue weighted by Crippen LogP contribution is 2.29. The monoisotopic (exact) mass is 410 g/mol. The summed E-state index contributed by atoms with van der Waals surface area (Å²) in [5.74, 6) is 0.700. The molecule has 1 N–H and O–H groups in total. The Morgan fingerprint density at radius 2 is 1.74 bits per heavy atom. The Labute approximate surface area is 180 Å². The number of carbonyl (C=O) groups excluding carboxylic acids is 2. The third-order valence-corrected chi connectivity index (χ3v) is 5.52. The zero-order chi connectivity index (χ0) is 21.2. The Balaban J connectivity index is 1.37. The zero-order valence-corrected chi connectivity index (χ0v) is 17.0. The molecule has 1 aliphatic heterocycles. The molecule has 3 heterocycles. The lowest BCUT2D eigenvalue weighted by Gasteiger charge is -2.16. The number of nitrogens with one attached hydrogen (secondary N) is 1. The Hall–Kier alpha value is -3.93. The minimum absolute atomic E-state index is 0.118. The molecule has 1 fully saturated rings. The molecule has 1 saturated heterocycles. The lowest BCUT2D eigenvalue weighted by atomic mass is 10.1. The van der Waals surface area contributed by atoms with E-state index in [-0.39, 0.29) is 18.2 Å². The molecule has 1 aliphatic rings. The summed E-state index contributed by atoms with van der Waals surface area (Å²) < 4.78 is 1.89. The highest BCUT2D eigenvalue weighted by molar-refractivity contribution is 5.97. The van der Waals surface area contributed by atoms with Gasteiger partial charge in [0.2, 0.25) is 11.8 Å². The molecule has 5 rings (SSSR count). The van der Waals surface area contributed by atoms with Crippen LogP contribution < -0.4 is 10.2 Å². The first kappa shape index (κ1) is 19.1. The molecule has 154 valence electrons. The van der Waals surface area contributed by atoms with Gasteiger partial charge in [-0.3, -0.25) is 14.0 Å². The van der Waals surface area contributed by atoms with Crippen LogP contribution in [-0.4, -0.2) is 27.7 Å². The second-order valence-electron chi connectivity index (χ2n) is 7.64. The maximum absolute atomic E-state index is 12.9. The van der Waals surface area contributed by atoms with Crippen molar-refractivity contribution in [3.8, 4) is 11.3 Å². The predicted octanol–water partition coefficient (Wildman–Crippen LogP) is 4.31. The van der Waals surface area contributed by atoms with E-state index in [4.69, 9.17) is 4.98 Å². The maximum Gasteiger partial charge on any atom is 0.229 e. The number of anilines is 2. The molecule has 6 heteroatoms. The van der Waals surface area contributed by atoms with E-state index in [0.29, 0.717) is 12.2 Å². The van der Waals surface area contributed by atoms with Gasteiger partial charge in [-0.25, -0.2) is 4.98 Å². The molecule has 0 spiro atoms. The summed E-state index contributed by atoms with van der Waals surface area (Å²) in [6.45, 7) is 0.759. The molecule has 31 heavy (non-hydrogen) atoms. The van der Waals surface area contributed by atoms with E-state index in [0.717, 1.165) is 41.1 Å². The number of hydrogen-bond acceptors (Lipinski definition) is 3. The van der Waals surface area contributed by atoms with Crippen LogP contribution in [-0.2, 0) is 16.0 Å². The van der Waals surface area contributed by atoms with Crippen molar-refractivity contribution in [3.63, 3.8) is 0 Å². The summed E-state index contributed by atoms with van der Waals surface area (Å²) in [6.07, 6.45) is 3.63. The van der Waals surface area contributed by atoms with Gasteiger partial charge in [-0.05, 0) is 36.2 Å². The second kappa shape index (κ2) is 8.07. The van der Waals surface area contributed by atoms with E-state index < -0.39 is 0 Å². The Morgan fingerprint density at radius 3 is 2.48 bits per heavy atom. The standard InChI is InChI=1S/C25H22N4O2/c30-22(17-18-11-13-20(14-12-18)28-16-6-10-23(28)31)27-25-24(19-7-2-1-3-8-19)26-21-9-4-5-15-29(21)25/h1-5,7-9,11-15H,6,10,16-17H2,(H,27,30). The smallest absolute Gasteiger partial charge is 0.229 e. The molecule has 0 radical (unpaired) electrons. The van der Waals surface area contributed by atoms with Gasteiger partial charge in [-0.2, -0.15) is 0 Å². The average molecular weight is 410 g/mol. The number of fused-ring (bicyclic) bond motifs is 1. The van der Waals surface area contributed by atoms with E-state index in [1.807, 2.05) is 83.4 Å². The van der Waals surface area contributed by atoms with Gasteiger partial charge in [0.15, 0.2) is 0 Å². The minimum atomic E-state index is -0.118. The van der Waals surface area contributed by atoms with Gasteiger partial charge in [0.05, 0.1) is 6.42 Å². The van der Waals surface area contributed by atoms with E-state index in [2.05, 4.69) is 5.32 Å². The molecular formula is C25H22N4O2. The molecule has 2 amide bonds. The molecule has 4 aromatic rings. The van der Waals surface area contributed by atoms with Gasteiger partial charge >= 0.3 is 0 Å². The Kier molecular flexibility index (Phi) is 4.96. The van der Waals surface area contributed by atoms with Gasteiger partial charge in [0.1, 0.15) is 17.2 Å². The first-order valence-electron chi connectivity index (χ1n) is 10.4. The summed E-state index contributed by atoms with van der Waals surface area (Å²) in [5, 5.41) is 3.05. The molecule has 6 nitrogen and oxygen atoms in total. The van der Waals surface area contributed by atoms with Crippen LogP contribution in [0, 0.1) is 0 Å². The summed E-state index contributed by atoms with van der Waals surface area (Å²) in [6, 6.07) is 23.2. The number of imidazole rings is 1. The zero-order valence-electron chi connectivity index (χ0n) is 17.0. The fraction of sp³-hybridized carbons (Fsp3) is 0.160. The number of hydrogen-bond donors (Lipinski definition) is 1. The van der Waals surface area contributed by atoms with Gasteiger partial charge in [0, 0.05) is 30.4 Å². The number of rotatable bonds is 5.